The number of aliphatic carboxylic acids is 1. The van der Waals surface area contributed by atoms with Gasteiger partial charge in [-0.2, -0.15) is 0 Å². The highest BCUT2D eigenvalue weighted by atomic mass is 16.4. The Morgan fingerprint density at radius 2 is 1.89 bits per heavy atom. The van der Waals surface area contributed by atoms with Crippen molar-refractivity contribution in [2.75, 3.05) is 26.2 Å². The summed E-state index contributed by atoms with van der Waals surface area (Å²) < 4.78 is 0. The Bertz CT molecular complexity index is 375. The van der Waals surface area contributed by atoms with Crippen LogP contribution in [0.4, 0.5) is 4.79 Å². The molecule has 1 unspecified atom stereocenters. The van der Waals surface area contributed by atoms with Crippen molar-refractivity contribution in [1.29, 1.82) is 0 Å². The van der Waals surface area contributed by atoms with E-state index in [1.807, 2.05) is 4.90 Å². The Hall–Kier alpha value is -1.26. The van der Waals surface area contributed by atoms with Gasteiger partial charge in [-0.05, 0) is 18.3 Å². The Labute approximate surface area is 114 Å². The molecule has 5 nitrogen and oxygen atoms in total. The van der Waals surface area contributed by atoms with E-state index in [1.54, 1.807) is 11.8 Å². The predicted octanol–water partition coefficient (Wildman–Crippen LogP) is 1.88. The molecule has 0 saturated carbocycles. The van der Waals surface area contributed by atoms with Crippen LogP contribution in [0.1, 0.15) is 33.6 Å². The Balaban J connectivity index is 1.85. The second-order valence-corrected chi connectivity index (χ2v) is 6.76. The summed E-state index contributed by atoms with van der Waals surface area (Å²) in [5.41, 5.74) is 0.201. The molecule has 0 aliphatic carbocycles. The maximum atomic E-state index is 12.3. The van der Waals surface area contributed by atoms with Crippen LogP contribution in [0.5, 0.6) is 0 Å². The van der Waals surface area contributed by atoms with Crippen LogP contribution in [0.3, 0.4) is 0 Å². The topological polar surface area (TPSA) is 60.9 Å². The number of carbonyl (C=O) groups is 2. The zero-order valence-corrected chi connectivity index (χ0v) is 12.1. The molecule has 108 valence electrons. The molecular formula is C14H24N2O3. The molecule has 1 N–H and O–H groups in total. The summed E-state index contributed by atoms with van der Waals surface area (Å²) >= 11 is 0. The van der Waals surface area contributed by atoms with Crippen LogP contribution in [-0.2, 0) is 4.79 Å². The van der Waals surface area contributed by atoms with E-state index >= 15 is 0 Å². The van der Waals surface area contributed by atoms with E-state index in [0.29, 0.717) is 13.1 Å². The molecule has 2 amide bonds. The molecule has 0 aromatic heterocycles. The first-order valence-electron chi connectivity index (χ1n) is 7.07. The molecule has 1 atom stereocenters. The highest BCUT2D eigenvalue weighted by Crippen LogP contribution is 2.31. The number of rotatable bonds is 2. The number of nitrogens with zero attached hydrogens (tertiary/aromatic N) is 2. The SMILES string of the molecule is CC(C(=O)O)C1CN(C(=O)N2CCCC(C)(C)C2)C1. The van der Waals surface area contributed by atoms with Crippen LogP contribution in [0, 0.1) is 17.3 Å². The van der Waals surface area contributed by atoms with E-state index in [4.69, 9.17) is 5.11 Å². The van der Waals surface area contributed by atoms with E-state index in [1.165, 1.54) is 0 Å². The van der Waals surface area contributed by atoms with Crippen LogP contribution in [0.25, 0.3) is 0 Å². The van der Waals surface area contributed by atoms with Gasteiger partial charge in [0.15, 0.2) is 0 Å². The molecule has 0 radical (unpaired) electrons. The first-order valence-corrected chi connectivity index (χ1v) is 7.07. The van der Waals surface area contributed by atoms with Crippen LogP contribution < -0.4 is 0 Å². The van der Waals surface area contributed by atoms with Gasteiger partial charge in [-0.15, -0.1) is 0 Å². The van der Waals surface area contributed by atoms with Crippen LogP contribution in [-0.4, -0.2) is 53.1 Å². The Morgan fingerprint density at radius 1 is 1.26 bits per heavy atom. The molecule has 0 spiro atoms. The van der Waals surface area contributed by atoms with Crippen molar-refractivity contribution in [3.05, 3.63) is 0 Å². The van der Waals surface area contributed by atoms with Gasteiger partial charge in [-0.1, -0.05) is 20.8 Å². The number of carboxylic acids is 1. The largest absolute Gasteiger partial charge is 0.481 e. The third-order valence-electron chi connectivity index (χ3n) is 4.45. The first-order chi connectivity index (χ1) is 8.80. The summed E-state index contributed by atoms with van der Waals surface area (Å²) in [5, 5.41) is 8.95. The van der Waals surface area contributed by atoms with Gasteiger partial charge < -0.3 is 14.9 Å². The minimum atomic E-state index is -0.767. The second kappa shape index (κ2) is 5.02. The third kappa shape index (κ3) is 3.01. The van der Waals surface area contributed by atoms with Crippen LogP contribution >= 0.6 is 0 Å². The van der Waals surface area contributed by atoms with Gasteiger partial charge >= 0.3 is 12.0 Å². The minimum Gasteiger partial charge on any atom is -0.481 e. The van der Waals surface area contributed by atoms with E-state index in [0.717, 1.165) is 25.9 Å². The van der Waals surface area contributed by atoms with Gasteiger partial charge in [-0.3, -0.25) is 4.79 Å². The number of urea groups is 1. The predicted molar refractivity (Wildman–Crippen MR) is 71.8 cm³/mol. The summed E-state index contributed by atoms with van der Waals surface area (Å²) in [5.74, 6) is -1.02. The summed E-state index contributed by atoms with van der Waals surface area (Å²) in [6, 6.07) is 0.0848. The smallest absolute Gasteiger partial charge is 0.320 e. The molecule has 2 aliphatic heterocycles. The van der Waals surface area contributed by atoms with Gasteiger partial charge in [-0.25, -0.2) is 4.79 Å². The molecule has 5 heteroatoms. The lowest BCUT2D eigenvalue weighted by Gasteiger charge is -2.46. The molecule has 2 rings (SSSR count). The van der Waals surface area contributed by atoms with E-state index in [2.05, 4.69) is 13.8 Å². The molecular weight excluding hydrogens is 244 g/mol. The molecule has 2 aliphatic rings. The van der Waals surface area contributed by atoms with Gasteiger partial charge in [0, 0.05) is 32.1 Å². The van der Waals surface area contributed by atoms with Crippen molar-refractivity contribution >= 4 is 12.0 Å². The molecule has 19 heavy (non-hydrogen) atoms. The van der Waals surface area contributed by atoms with E-state index < -0.39 is 5.97 Å². The number of hydrogen-bond acceptors (Lipinski definition) is 2. The zero-order valence-electron chi connectivity index (χ0n) is 12.1. The average molecular weight is 268 g/mol. The first kappa shape index (κ1) is 14.2. The molecule has 2 fully saturated rings. The van der Waals surface area contributed by atoms with Crippen molar-refractivity contribution < 1.29 is 14.7 Å². The standard InChI is InChI=1S/C14H24N2O3/c1-10(12(17)18)11-7-16(8-11)13(19)15-6-4-5-14(2,3)9-15/h10-11H,4-9H2,1-3H3,(H,17,18). The van der Waals surface area contributed by atoms with Gasteiger partial charge in [0.1, 0.15) is 0 Å². The second-order valence-electron chi connectivity index (χ2n) is 6.76. The Kier molecular flexibility index (Phi) is 3.74. The number of piperidine rings is 1. The maximum absolute atomic E-state index is 12.3. The summed E-state index contributed by atoms with van der Waals surface area (Å²) in [4.78, 5) is 26.9. The fourth-order valence-electron chi connectivity index (χ4n) is 2.97. The normalized spacial score (nSPS) is 24.8. The van der Waals surface area contributed by atoms with Crippen molar-refractivity contribution in [2.24, 2.45) is 17.3 Å². The van der Waals surface area contributed by atoms with Crippen molar-refractivity contribution in [2.45, 2.75) is 33.6 Å². The van der Waals surface area contributed by atoms with Crippen LogP contribution in [0.15, 0.2) is 0 Å². The molecule has 0 bridgehead atoms. The summed E-state index contributed by atoms with van der Waals surface area (Å²) in [7, 11) is 0. The molecule has 2 heterocycles. The lowest BCUT2D eigenvalue weighted by molar-refractivity contribution is -0.145. The van der Waals surface area contributed by atoms with Crippen molar-refractivity contribution in [3.63, 3.8) is 0 Å². The van der Waals surface area contributed by atoms with Gasteiger partial charge in [0.25, 0.3) is 0 Å². The lowest BCUT2D eigenvalue weighted by atomic mass is 9.84. The number of likely N-dealkylation sites (tertiary alicyclic amines) is 2. The molecule has 2 saturated heterocycles. The fraction of sp³-hybridized carbons (Fsp3) is 0.857. The highest BCUT2D eigenvalue weighted by molar-refractivity contribution is 5.76. The van der Waals surface area contributed by atoms with Crippen LogP contribution in [0.2, 0.25) is 0 Å². The fourth-order valence-corrected chi connectivity index (χ4v) is 2.97. The van der Waals surface area contributed by atoms with Gasteiger partial charge in [0.05, 0.1) is 5.92 Å². The summed E-state index contributed by atoms with van der Waals surface area (Å²) in [6.45, 7) is 8.92. The molecule has 0 aromatic rings. The quantitative estimate of drug-likeness (QED) is 0.832. The van der Waals surface area contributed by atoms with Crippen molar-refractivity contribution in [3.8, 4) is 0 Å². The van der Waals surface area contributed by atoms with E-state index in [-0.39, 0.29) is 23.3 Å². The Morgan fingerprint density at radius 3 is 2.42 bits per heavy atom. The highest BCUT2D eigenvalue weighted by Gasteiger charge is 2.40. The van der Waals surface area contributed by atoms with E-state index in [9.17, 15) is 9.59 Å². The van der Waals surface area contributed by atoms with Gasteiger partial charge in [0.2, 0.25) is 0 Å². The minimum absolute atomic E-state index is 0.0848. The average Bonchev–Trinajstić information content (AvgIpc) is 2.25. The number of carboxylic acid groups (broad SMARTS) is 1. The number of amides is 2. The number of hydrogen-bond donors (Lipinski definition) is 1. The zero-order chi connectivity index (χ0) is 14.2. The maximum Gasteiger partial charge on any atom is 0.320 e. The summed E-state index contributed by atoms with van der Waals surface area (Å²) in [6.07, 6.45) is 2.22. The number of carbonyl (C=O) groups excluding carboxylic acids is 1. The monoisotopic (exact) mass is 268 g/mol. The lowest BCUT2D eigenvalue weighted by Crippen LogP contribution is -2.59. The van der Waals surface area contributed by atoms with Crippen molar-refractivity contribution in [1.82, 2.24) is 9.80 Å². The molecule has 0 aromatic carbocycles. The third-order valence-corrected chi connectivity index (χ3v) is 4.45.